The van der Waals surface area contributed by atoms with Gasteiger partial charge in [0.15, 0.2) is 11.7 Å². The molecule has 0 unspecified atom stereocenters. The van der Waals surface area contributed by atoms with Gasteiger partial charge in [-0.3, -0.25) is 10.2 Å². The molecule has 0 amide bonds. The van der Waals surface area contributed by atoms with E-state index >= 15 is 0 Å². The summed E-state index contributed by atoms with van der Waals surface area (Å²) < 4.78 is 0. The van der Waals surface area contributed by atoms with Gasteiger partial charge in [0, 0.05) is 17.5 Å². The van der Waals surface area contributed by atoms with Gasteiger partial charge in [-0.2, -0.15) is 0 Å². The van der Waals surface area contributed by atoms with E-state index in [9.17, 15) is 4.79 Å². The highest BCUT2D eigenvalue weighted by atomic mass is 16.1. The molecule has 1 atom stereocenters. The number of Topliss-reactive ketones (excluding diaryl/α,β-unsaturated/α-hetero) is 1. The maximum absolute atomic E-state index is 12.4. The minimum absolute atomic E-state index is 0.0255. The van der Waals surface area contributed by atoms with Crippen molar-refractivity contribution in [1.29, 1.82) is 5.41 Å². The van der Waals surface area contributed by atoms with E-state index in [-0.39, 0.29) is 28.7 Å². The SMILES string of the molecule is CC(C)(C)N[C@H](CCCNC(=N)N)C(=O)C(C)(C)C. The fourth-order valence-electron chi connectivity index (χ4n) is 1.84. The molecule has 0 aromatic rings. The smallest absolute Gasteiger partial charge is 0.185 e. The molecule has 0 aliphatic heterocycles. The predicted molar refractivity (Wildman–Crippen MR) is 80.3 cm³/mol. The Morgan fingerprint density at radius 2 is 1.74 bits per heavy atom. The fraction of sp³-hybridized carbons (Fsp3) is 0.857. The number of ketones is 1. The molecule has 0 heterocycles. The van der Waals surface area contributed by atoms with Crippen LogP contribution in [0.2, 0.25) is 0 Å². The molecule has 0 bridgehead atoms. The van der Waals surface area contributed by atoms with Crippen molar-refractivity contribution < 1.29 is 4.79 Å². The summed E-state index contributed by atoms with van der Waals surface area (Å²) in [6.45, 7) is 12.6. The van der Waals surface area contributed by atoms with Crippen LogP contribution in [-0.2, 0) is 4.79 Å². The summed E-state index contributed by atoms with van der Waals surface area (Å²) in [7, 11) is 0. The Bertz CT molecular complexity index is 312. The highest BCUT2D eigenvalue weighted by Crippen LogP contribution is 2.20. The molecule has 0 saturated heterocycles. The molecule has 5 heteroatoms. The third-order valence-corrected chi connectivity index (χ3v) is 2.65. The summed E-state index contributed by atoms with van der Waals surface area (Å²) in [4.78, 5) is 12.4. The van der Waals surface area contributed by atoms with E-state index < -0.39 is 0 Å². The molecule has 5 nitrogen and oxygen atoms in total. The van der Waals surface area contributed by atoms with Gasteiger partial charge in [-0.15, -0.1) is 0 Å². The normalized spacial score (nSPS) is 14.0. The molecule has 0 rings (SSSR count). The van der Waals surface area contributed by atoms with Gasteiger partial charge in [0.25, 0.3) is 0 Å². The lowest BCUT2D eigenvalue weighted by atomic mass is 9.84. The first-order chi connectivity index (χ1) is 8.43. The summed E-state index contributed by atoms with van der Waals surface area (Å²) in [5.41, 5.74) is 4.78. The lowest BCUT2D eigenvalue weighted by Gasteiger charge is -2.31. The molecule has 0 radical (unpaired) electrons. The van der Waals surface area contributed by atoms with Gasteiger partial charge >= 0.3 is 0 Å². The van der Waals surface area contributed by atoms with E-state index in [1.807, 2.05) is 20.8 Å². The van der Waals surface area contributed by atoms with Gasteiger partial charge in [0.1, 0.15) is 0 Å². The second kappa shape index (κ2) is 6.89. The first-order valence-corrected chi connectivity index (χ1v) is 6.83. The quantitative estimate of drug-likeness (QED) is 0.335. The zero-order valence-electron chi connectivity index (χ0n) is 13.2. The van der Waals surface area contributed by atoms with E-state index in [1.165, 1.54) is 0 Å². The van der Waals surface area contributed by atoms with Crippen molar-refractivity contribution in [2.45, 2.75) is 66.0 Å². The van der Waals surface area contributed by atoms with E-state index in [4.69, 9.17) is 11.1 Å². The molecule has 0 aromatic carbocycles. The first-order valence-electron chi connectivity index (χ1n) is 6.83. The Balaban J connectivity index is 4.52. The van der Waals surface area contributed by atoms with Gasteiger partial charge in [-0.05, 0) is 33.6 Å². The third-order valence-electron chi connectivity index (χ3n) is 2.65. The molecule has 0 aliphatic carbocycles. The van der Waals surface area contributed by atoms with Crippen molar-refractivity contribution in [3.05, 3.63) is 0 Å². The molecular formula is C14H30N4O. The molecule has 5 N–H and O–H groups in total. The van der Waals surface area contributed by atoms with Crippen molar-refractivity contribution in [2.24, 2.45) is 11.1 Å². The summed E-state index contributed by atoms with van der Waals surface area (Å²) in [6, 6.07) is -0.159. The van der Waals surface area contributed by atoms with Crippen molar-refractivity contribution >= 4 is 11.7 Å². The summed E-state index contributed by atoms with van der Waals surface area (Å²) in [5, 5.41) is 13.2. The molecule has 0 aliphatic rings. The third kappa shape index (κ3) is 8.59. The highest BCUT2D eigenvalue weighted by Gasteiger charge is 2.31. The maximum atomic E-state index is 12.4. The Labute approximate surface area is 117 Å². The van der Waals surface area contributed by atoms with Gasteiger partial charge in [0.2, 0.25) is 0 Å². The van der Waals surface area contributed by atoms with Gasteiger partial charge in [0.05, 0.1) is 6.04 Å². The minimum Gasteiger partial charge on any atom is -0.370 e. The van der Waals surface area contributed by atoms with Crippen molar-refractivity contribution in [2.75, 3.05) is 6.54 Å². The topological polar surface area (TPSA) is 91.0 Å². The number of nitrogens with one attached hydrogen (secondary N) is 3. The number of carbonyl (C=O) groups excluding carboxylic acids is 1. The number of guanidine groups is 1. The summed E-state index contributed by atoms with van der Waals surface area (Å²) in [5.74, 6) is 0.202. The predicted octanol–water partition coefficient (Wildman–Crippen LogP) is 1.62. The second-order valence-corrected chi connectivity index (χ2v) is 7.04. The Kier molecular flexibility index (Phi) is 6.49. The molecule has 0 spiro atoms. The Morgan fingerprint density at radius 1 is 1.21 bits per heavy atom. The van der Waals surface area contributed by atoms with Crippen LogP contribution in [0.5, 0.6) is 0 Å². The van der Waals surface area contributed by atoms with Crippen molar-refractivity contribution in [3.63, 3.8) is 0 Å². The lowest BCUT2D eigenvalue weighted by Crippen LogP contribution is -2.51. The molecule has 0 aromatic heterocycles. The van der Waals surface area contributed by atoms with E-state index in [0.717, 1.165) is 12.8 Å². The fourth-order valence-corrected chi connectivity index (χ4v) is 1.84. The van der Waals surface area contributed by atoms with Gasteiger partial charge in [-0.25, -0.2) is 0 Å². The minimum atomic E-state index is -0.350. The molecule has 19 heavy (non-hydrogen) atoms. The summed E-state index contributed by atoms with van der Waals surface area (Å²) >= 11 is 0. The second-order valence-electron chi connectivity index (χ2n) is 7.04. The zero-order chi connectivity index (χ0) is 15.3. The van der Waals surface area contributed by atoms with Crippen LogP contribution in [0.1, 0.15) is 54.4 Å². The van der Waals surface area contributed by atoms with Crippen molar-refractivity contribution in [3.8, 4) is 0 Å². The van der Waals surface area contributed by atoms with Crippen LogP contribution in [0.15, 0.2) is 0 Å². The van der Waals surface area contributed by atoms with Gasteiger partial charge < -0.3 is 16.4 Å². The van der Waals surface area contributed by atoms with Crippen LogP contribution in [0.3, 0.4) is 0 Å². The van der Waals surface area contributed by atoms with Gasteiger partial charge in [-0.1, -0.05) is 20.8 Å². The molecule has 0 saturated carbocycles. The van der Waals surface area contributed by atoms with Crippen LogP contribution in [0, 0.1) is 10.8 Å². The van der Waals surface area contributed by atoms with Crippen molar-refractivity contribution in [1.82, 2.24) is 10.6 Å². The molecular weight excluding hydrogens is 240 g/mol. The standard InChI is InChI=1S/C14H30N4O/c1-13(2,3)11(19)10(18-14(4,5)6)8-7-9-17-12(15)16/h10,18H,7-9H2,1-6H3,(H4,15,16,17)/t10-/m1/s1. The Morgan fingerprint density at radius 3 is 2.11 bits per heavy atom. The summed E-state index contributed by atoms with van der Waals surface area (Å²) in [6.07, 6.45) is 1.54. The van der Waals surface area contributed by atoms with Crippen LogP contribution in [-0.4, -0.2) is 29.9 Å². The first kappa shape index (κ1) is 17.9. The Hall–Kier alpha value is -1.10. The van der Waals surface area contributed by atoms with E-state index in [0.29, 0.717) is 6.54 Å². The number of hydrogen-bond acceptors (Lipinski definition) is 3. The van der Waals surface area contributed by atoms with E-state index in [2.05, 4.69) is 31.4 Å². The number of nitrogens with two attached hydrogens (primary N) is 1. The van der Waals surface area contributed by atoms with Crippen LogP contribution >= 0.6 is 0 Å². The van der Waals surface area contributed by atoms with Crippen LogP contribution < -0.4 is 16.4 Å². The van der Waals surface area contributed by atoms with E-state index in [1.54, 1.807) is 0 Å². The average Bonchev–Trinajstić information content (AvgIpc) is 2.18. The highest BCUT2D eigenvalue weighted by molar-refractivity contribution is 5.88. The average molecular weight is 270 g/mol. The van der Waals surface area contributed by atoms with Crippen LogP contribution in [0.4, 0.5) is 0 Å². The number of rotatable bonds is 6. The largest absolute Gasteiger partial charge is 0.370 e. The number of hydrogen-bond donors (Lipinski definition) is 4. The zero-order valence-corrected chi connectivity index (χ0v) is 13.2. The molecule has 112 valence electrons. The molecule has 0 fully saturated rings. The lowest BCUT2D eigenvalue weighted by molar-refractivity contribution is -0.129. The number of carbonyl (C=O) groups is 1. The maximum Gasteiger partial charge on any atom is 0.185 e. The monoisotopic (exact) mass is 270 g/mol. The van der Waals surface area contributed by atoms with Crippen LogP contribution in [0.25, 0.3) is 0 Å².